The molecule has 158 valence electrons. The van der Waals surface area contributed by atoms with Gasteiger partial charge in [0.2, 0.25) is 5.82 Å². The van der Waals surface area contributed by atoms with Gasteiger partial charge < -0.3 is 14.6 Å². The van der Waals surface area contributed by atoms with Gasteiger partial charge in [-0.15, -0.1) is 5.10 Å². The fourth-order valence-electron chi connectivity index (χ4n) is 4.91. The summed E-state index contributed by atoms with van der Waals surface area (Å²) in [7, 11) is 0. The molecule has 0 spiro atoms. The summed E-state index contributed by atoms with van der Waals surface area (Å²) in [6.07, 6.45) is 5.79. The highest BCUT2D eigenvalue weighted by atomic mass is 16.5. The highest BCUT2D eigenvalue weighted by molar-refractivity contribution is 5.79. The molecule has 2 aromatic heterocycles. The summed E-state index contributed by atoms with van der Waals surface area (Å²) >= 11 is 0. The molecule has 0 saturated carbocycles. The average Bonchev–Trinajstić information content (AvgIpc) is 3.42. The van der Waals surface area contributed by atoms with E-state index in [2.05, 4.69) is 32.6 Å². The summed E-state index contributed by atoms with van der Waals surface area (Å²) in [4.78, 5) is 17.7. The fourth-order valence-corrected chi connectivity index (χ4v) is 4.91. The van der Waals surface area contributed by atoms with Crippen LogP contribution >= 0.6 is 0 Å². The van der Waals surface area contributed by atoms with Crippen LogP contribution in [0.5, 0.6) is 0 Å². The number of fused-ring (bicyclic) bond motifs is 1. The number of pyridine rings is 1. The van der Waals surface area contributed by atoms with Crippen molar-refractivity contribution in [2.45, 2.75) is 57.7 Å². The van der Waals surface area contributed by atoms with Gasteiger partial charge >= 0.3 is 0 Å². The predicted molar refractivity (Wildman–Crippen MR) is 112 cm³/mol. The number of piperidine rings is 1. The zero-order valence-corrected chi connectivity index (χ0v) is 17.4. The number of tetrazole rings is 1. The van der Waals surface area contributed by atoms with E-state index in [4.69, 9.17) is 4.74 Å². The number of hydrogen-bond donors (Lipinski definition) is 2. The molecule has 2 fully saturated rings. The first-order valence-corrected chi connectivity index (χ1v) is 11.0. The minimum absolute atomic E-state index is 0.0529. The summed E-state index contributed by atoms with van der Waals surface area (Å²) < 4.78 is 7.68. The highest BCUT2D eigenvalue weighted by Gasteiger charge is 2.35. The molecule has 2 N–H and O–H groups in total. The van der Waals surface area contributed by atoms with Crippen LogP contribution in [0.1, 0.15) is 55.1 Å². The lowest BCUT2D eigenvalue weighted by molar-refractivity contribution is -0.931. The Bertz CT molecular complexity index is 1080. The number of rotatable bonds is 5. The van der Waals surface area contributed by atoms with Crippen LogP contribution in [0.4, 0.5) is 0 Å². The third-order valence-electron chi connectivity index (χ3n) is 6.46. The molecule has 2 saturated heterocycles. The second kappa shape index (κ2) is 8.28. The summed E-state index contributed by atoms with van der Waals surface area (Å²) in [6.45, 7) is 5.50. The van der Waals surface area contributed by atoms with Gasteiger partial charge in [0, 0.05) is 12.1 Å². The molecule has 0 unspecified atom stereocenters. The van der Waals surface area contributed by atoms with E-state index in [1.807, 2.05) is 23.7 Å². The Morgan fingerprint density at radius 1 is 1.23 bits per heavy atom. The van der Waals surface area contributed by atoms with Gasteiger partial charge in [0.15, 0.2) is 6.04 Å². The molecule has 2 aliphatic rings. The number of quaternary nitrogens is 1. The number of benzene rings is 1. The van der Waals surface area contributed by atoms with Crippen molar-refractivity contribution in [3.63, 3.8) is 0 Å². The van der Waals surface area contributed by atoms with Crippen molar-refractivity contribution in [1.29, 1.82) is 0 Å². The number of hydrogen-bond acceptors (Lipinski definition) is 5. The number of aryl methyl sites for hydroxylation is 1. The molecule has 0 amide bonds. The smallest absolute Gasteiger partial charge is 0.258 e. The van der Waals surface area contributed by atoms with E-state index in [1.54, 1.807) is 0 Å². The van der Waals surface area contributed by atoms with Crippen molar-refractivity contribution >= 4 is 10.9 Å². The average molecular weight is 410 g/mol. The van der Waals surface area contributed by atoms with Crippen LogP contribution in [0.25, 0.3) is 10.9 Å². The molecular formula is C22H29N6O2+. The topological polar surface area (TPSA) is 90.1 Å². The van der Waals surface area contributed by atoms with Crippen molar-refractivity contribution < 1.29 is 9.64 Å². The molecule has 30 heavy (non-hydrogen) atoms. The monoisotopic (exact) mass is 409 g/mol. The molecule has 2 atom stereocenters. The van der Waals surface area contributed by atoms with Gasteiger partial charge in [-0.1, -0.05) is 12.1 Å². The fraction of sp³-hybridized carbons (Fsp3) is 0.545. The summed E-state index contributed by atoms with van der Waals surface area (Å²) in [5, 5.41) is 13.7. The Kier molecular flexibility index (Phi) is 5.35. The first-order valence-electron chi connectivity index (χ1n) is 11.0. The third-order valence-corrected chi connectivity index (χ3v) is 6.46. The molecular weight excluding hydrogens is 380 g/mol. The number of ether oxygens (including phenoxy) is 1. The van der Waals surface area contributed by atoms with E-state index in [1.165, 1.54) is 11.3 Å². The lowest BCUT2D eigenvalue weighted by Gasteiger charge is -2.30. The Balaban J connectivity index is 1.59. The highest BCUT2D eigenvalue weighted by Crippen LogP contribution is 2.21. The second-order valence-electron chi connectivity index (χ2n) is 8.65. The number of aromatic nitrogens is 5. The van der Waals surface area contributed by atoms with E-state index in [9.17, 15) is 4.79 Å². The number of nitrogens with one attached hydrogen (secondary N) is 2. The van der Waals surface area contributed by atoms with E-state index >= 15 is 0 Å². The van der Waals surface area contributed by atoms with Crippen molar-refractivity contribution in [1.82, 2.24) is 25.2 Å². The van der Waals surface area contributed by atoms with Gasteiger partial charge in [0.05, 0.1) is 31.3 Å². The third kappa shape index (κ3) is 3.77. The van der Waals surface area contributed by atoms with Crippen LogP contribution in [0.3, 0.4) is 0 Å². The minimum Gasteiger partial charge on any atom is -0.376 e. The molecule has 8 nitrogen and oxygen atoms in total. The quantitative estimate of drug-likeness (QED) is 0.660. The van der Waals surface area contributed by atoms with Gasteiger partial charge in [-0.2, -0.15) is 0 Å². The van der Waals surface area contributed by atoms with E-state index in [0.29, 0.717) is 6.54 Å². The first kappa shape index (κ1) is 19.4. The van der Waals surface area contributed by atoms with Crippen molar-refractivity contribution in [2.24, 2.45) is 0 Å². The summed E-state index contributed by atoms with van der Waals surface area (Å²) in [5.41, 5.74) is 2.69. The lowest BCUT2D eigenvalue weighted by atomic mass is 10.00. The molecule has 0 radical (unpaired) electrons. The largest absolute Gasteiger partial charge is 0.376 e. The van der Waals surface area contributed by atoms with Gasteiger partial charge in [0.1, 0.15) is 0 Å². The molecule has 1 aromatic carbocycles. The number of H-pyrrole nitrogens is 1. The van der Waals surface area contributed by atoms with Gasteiger partial charge in [-0.05, 0) is 72.5 Å². The molecule has 2 aliphatic heterocycles. The van der Waals surface area contributed by atoms with Crippen LogP contribution < -0.4 is 10.5 Å². The van der Waals surface area contributed by atoms with E-state index in [0.717, 1.165) is 73.2 Å². The van der Waals surface area contributed by atoms with Crippen LogP contribution in [0.2, 0.25) is 0 Å². The van der Waals surface area contributed by atoms with Crippen LogP contribution in [0.15, 0.2) is 29.1 Å². The maximum atomic E-state index is 13.2. The van der Waals surface area contributed by atoms with E-state index in [-0.39, 0.29) is 17.7 Å². The molecule has 0 aliphatic carbocycles. The van der Waals surface area contributed by atoms with Crippen LogP contribution in [0, 0.1) is 6.92 Å². The normalized spacial score (nSPS) is 21.3. The summed E-state index contributed by atoms with van der Waals surface area (Å²) in [6, 6.07) is 8.02. The molecule has 5 rings (SSSR count). The van der Waals surface area contributed by atoms with Crippen LogP contribution in [-0.2, 0) is 11.3 Å². The Morgan fingerprint density at radius 2 is 2.10 bits per heavy atom. The SMILES string of the molecule is Cc1ccc2cc([C@@H](c3nnnn3C[C@H]3CCCO3)[NH+]3CCCCC3)c(=O)[nH]c2c1. The minimum atomic E-state index is -0.184. The molecule has 3 aromatic rings. The van der Waals surface area contributed by atoms with Crippen LogP contribution in [-0.4, -0.2) is 51.0 Å². The first-order chi connectivity index (χ1) is 14.7. The predicted octanol–water partition coefficient (Wildman–Crippen LogP) is 1.16. The molecule has 8 heteroatoms. The lowest BCUT2D eigenvalue weighted by Crippen LogP contribution is -3.13. The molecule has 0 bridgehead atoms. The Hall–Kier alpha value is -2.58. The van der Waals surface area contributed by atoms with Crippen molar-refractivity contribution in [3.8, 4) is 0 Å². The summed E-state index contributed by atoms with van der Waals surface area (Å²) in [5.74, 6) is 0.763. The second-order valence-corrected chi connectivity index (χ2v) is 8.65. The number of aromatic amines is 1. The zero-order valence-electron chi connectivity index (χ0n) is 17.4. The zero-order chi connectivity index (χ0) is 20.5. The van der Waals surface area contributed by atoms with Crippen molar-refractivity contribution in [3.05, 3.63) is 51.6 Å². The Morgan fingerprint density at radius 3 is 2.90 bits per heavy atom. The van der Waals surface area contributed by atoms with E-state index < -0.39 is 0 Å². The van der Waals surface area contributed by atoms with Crippen molar-refractivity contribution in [2.75, 3.05) is 19.7 Å². The maximum absolute atomic E-state index is 13.2. The standard InChI is InChI=1S/C22H28N6O2/c1-15-7-8-16-13-18(22(29)23-19(16)12-15)20(27-9-3-2-4-10-27)21-24-25-26-28(21)14-17-6-5-11-30-17/h7-8,12-13,17,20H,2-6,9-11,14H2,1H3,(H,23,29)/p+1/t17-,20+/m1/s1. The molecule has 4 heterocycles. The number of nitrogens with zero attached hydrogens (tertiary/aromatic N) is 4. The number of likely N-dealkylation sites (tertiary alicyclic amines) is 1. The van der Waals surface area contributed by atoms with Gasteiger partial charge in [0.25, 0.3) is 5.56 Å². The Labute approximate surface area is 175 Å². The van der Waals surface area contributed by atoms with Gasteiger partial charge in [-0.25, -0.2) is 4.68 Å². The maximum Gasteiger partial charge on any atom is 0.258 e. The van der Waals surface area contributed by atoms with Gasteiger partial charge in [-0.3, -0.25) is 4.79 Å².